The molecule has 150 valence electrons. The van der Waals surface area contributed by atoms with Gasteiger partial charge >= 0.3 is 5.97 Å². The molecule has 0 fully saturated rings. The van der Waals surface area contributed by atoms with E-state index in [1.54, 1.807) is 18.2 Å². The number of benzene rings is 2. The van der Waals surface area contributed by atoms with Gasteiger partial charge < -0.3 is 10.1 Å². The van der Waals surface area contributed by atoms with Gasteiger partial charge in [0.1, 0.15) is 12.6 Å². The molecule has 0 aliphatic carbocycles. The highest BCUT2D eigenvalue weighted by Gasteiger charge is 2.20. The lowest BCUT2D eigenvalue weighted by Gasteiger charge is -2.10. The molecule has 0 saturated carbocycles. The molecule has 29 heavy (non-hydrogen) atoms. The maximum atomic E-state index is 12.2. The summed E-state index contributed by atoms with van der Waals surface area (Å²) >= 11 is 0. The van der Waals surface area contributed by atoms with E-state index in [1.807, 2.05) is 4.72 Å². The van der Waals surface area contributed by atoms with E-state index in [1.165, 1.54) is 43.3 Å². The molecule has 2 aromatic rings. The van der Waals surface area contributed by atoms with Gasteiger partial charge in [-0.25, -0.2) is 8.42 Å². The van der Waals surface area contributed by atoms with E-state index in [9.17, 15) is 22.8 Å². The third kappa shape index (κ3) is 5.97. The number of nitrogens with one attached hydrogen (secondary N) is 2. The van der Waals surface area contributed by atoms with E-state index in [0.717, 1.165) is 0 Å². The Bertz CT molecular complexity index is 1090. The minimum atomic E-state index is -4.11. The van der Waals surface area contributed by atoms with E-state index in [-0.39, 0.29) is 21.9 Å². The standard InChI is InChI=1S/C19H17N3O6S/c1-13(23)15-7-3-4-8-16(15)22-18(24)12-28-19(25)11-21-29(26,27)17-9-5-2-6-14(17)10-20/h2-9,21H,11-12H2,1H3,(H,22,24). The van der Waals surface area contributed by atoms with Crippen molar-refractivity contribution in [2.75, 3.05) is 18.5 Å². The molecule has 0 heterocycles. The zero-order chi connectivity index (χ0) is 21.4. The van der Waals surface area contributed by atoms with E-state index in [0.29, 0.717) is 5.56 Å². The highest BCUT2D eigenvalue weighted by Crippen LogP contribution is 2.15. The third-order valence-electron chi connectivity index (χ3n) is 3.65. The van der Waals surface area contributed by atoms with Crippen LogP contribution in [0.4, 0.5) is 5.69 Å². The second-order valence-electron chi connectivity index (χ2n) is 5.74. The summed E-state index contributed by atoms with van der Waals surface area (Å²) in [6, 6.07) is 13.6. The lowest BCUT2D eigenvalue weighted by atomic mass is 10.1. The van der Waals surface area contributed by atoms with Crippen LogP contribution in [0.1, 0.15) is 22.8 Å². The molecule has 9 nitrogen and oxygen atoms in total. The molecule has 0 aromatic heterocycles. The number of para-hydroxylation sites is 1. The molecule has 0 atom stereocenters. The maximum absolute atomic E-state index is 12.2. The van der Waals surface area contributed by atoms with Crippen LogP contribution in [-0.4, -0.2) is 39.2 Å². The Labute approximate surface area is 167 Å². The smallest absolute Gasteiger partial charge is 0.321 e. The Hall–Kier alpha value is -3.55. The summed E-state index contributed by atoms with van der Waals surface area (Å²) in [7, 11) is -4.11. The van der Waals surface area contributed by atoms with Gasteiger partial charge in [-0.2, -0.15) is 9.98 Å². The predicted molar refractivity (Wildman–Crippen MR) is 102 cm³/mol. The molecule has 10 heteroatoms. The van der Waals surface area contributed by atoms with Crippen molar-refractivity contribution in [1.29, 1.82) is 5.26 Å². The Balaban J connectivity index is 1.90. The van der Waals surface area contributed by atoms with Crippen molar-refractivity contribution in [2.24, 2.45) is 0 Å². The Morgan fingerprint density at radius 3 is 2.41 bits per heavy atom. The molecule has 2 rings (SSSR count). The van der Waals surface area contributed by atoms with Crippen molar-refractivity contribution in [3.8, 4) is 6.07 Å². The lowest BCUT2D eigenvalue weighted by Crippen LogP contribution is -2.32. The average Bonchev–Trinajstić information content (AvgIpc) is 2.71. The van der Waals surface area contributed by atoms with Crippen LogP contribution in [0.3, 0.4) is 0 Å². The number of nitrogens with zero attached hydrogens (tertiary/aromatic N) is 1. The Morgan fingerprint density at radius 2 is 1.72 bits per heavy atom. The number of carbonyl (C=O) groups excluding carboxylic acids is 3. The van der Waals surface area contributed by atoms with Crippen LogP contribution in [0, 0.1) is 11.3 Å². The van der Waals surface area contributed by atoms with Gasteiger partial charge in [0, 0.05) is 5.56 Å². The fourth-order valence-corrected chi connectivity index (χ4v) is 3.43. The number of hydrogen-bond acceptors (Lipinski definition) is 7. The molecule has 0 aliphatic rings. The van der Waals surface area contributed by atoms with Crippen molar-refractivity contribution < 1.29 is 27.5 Å². The number of anilines is 1. The molecule has 1 amide bonds. The van der Waals surface area contributed by atoms with Gasteiger partial charge in [0.25, 0.3) is 5.91 Å². The van der Waals surface area contributed by atoms with Crippen molar-refractivity contribution in [1.82, 2.24) is 4.72 Å². The normalized spacial score (nSPS) is 10.6. The zero-order valence-electron chi connectivity index (χ0n) is 15.3. The van der Waals surface area contributed by atoms with Crippen LogP contribution in [-0.2, 0) is 24.3 Å². The molecular weight excluding hydrogens is 398 g/mol. The minimum absolute atomic E-state index is 0.0723. The second-order valence-corrected chi connectivity index (χ2v) is 7.48. The first kappa shape index (κ1) is 21.7. The topological polar surface area (TPSA) is 142 Å². The van der Waals surface area contributed by atoms with Crippen molar-refractivity contribution in [2.45, 2.75) is 11.8 Å². The van der Waals surface area contributed by atoms with Crippen LogP contribution >= 0.6 is 0 Å². The van der Waals surface area contributed by atoms with Gasteiger partial charge in [-0.1, -0.05) is 24.3 Å². The number of amides is 1. The third-order valence-corrected chi connectivity index (χ3v) is 5.11. The molecule has 0 saturated heterocycles. The Morgan fingerprint density at radius 1 is 1.07 bits per heavy atom. The first-order valence-electron chi connectivity index (χ1n) is 8.29. The quantitative estimate of drug-likeness (QED) is 0.487. The molecule has 0 radical (unpaired) electrons. The summed E-state index contributed by atoms with van der Waals surface area (Å²) in [6.45, 7) is -0.0391. The van der Waals surface area contributed by atoms with Gasteiger partial charge in [-0.3, -0.25) is 14.4 Å². The van der Waals surface area contributed by atoms with Crippen molar-refractivity contribution in [3.63, 3.8) is 0 Å². The largest absolute Gasteiger partial charge is 0.455 e. The number of sulfonamides is 1. The average molecular weight is 415 g/mol. The second kappa shape index (κ2) is 9.59. The zero-order valence-corrected chi connectivity index (χ0v) is 16.2. The summed E-state index contributed by atoms with van der Waals surface area (Å²) in [6.07, 6.45) is 0. The summed E-state index contributed by atoms with van der Waals surface area (Å²) in [4.78, 5) is 34.9. The number of ether oxygens (including phenoxy) is 1. The summed E-state index contributed by atoms with van der Waals surface area (Å²) < 4.78 is 31.2. The lowest BCUT2D eigenvalue weighted by molar-refractivity contribution is -0.146. The van der Waals surface area contributed by atoms with Gasteiger partial charge in [-0.05, 0) is 31.2 Å². The first-order valence-corrected chi connectivity index (χ1v) is 9.77. The Kier molecular flexibility index (Phi) is 7.19. The first-order chi connectivity index (χ1) is 13.7. The highest BCUT2D eigenvalue weighted by atomic mass is 32.2. The van der Waals surface area contributed by atoms with Crippen LogP contribution < -0.4 is 10.0 Å². The molecule has 2 aromatic carbocycles. The van der Waals surface area contributed by atoms with Crippen LogP contribution in [0.25, 0.3) is 0 Å². The number of ketones is 1. The van der Waals surface area contributed by atoms with E-state index in [4.69, 9.17) is 10.00 Å². The van der Waals surface area contributed by atoms with Gasteiger partial charge in [0.15, 0.2) is 12.4 Å². The van der Waals surface area contributed by atoms with Crippen LogP contribution in [0.2, 0.25) is 0 Å². The summed E-state index contributed by atoms with van der Waals surface area (Å²) in [5.74, 6) is -1.92. The van der Waals surface area contributed by atoms with Gasteiger partial charge in [-0.15, -0.1) is 0 Å². The summed E-state index contributed by atoms with van der Waals surface area (Å²) in [5, 5.41) is 11.4. The fraction of sp³-hybridized carbons (Fsp3) is 0.158. The maximum Gasteiger partial charge on any atom is 0.321 e. The molecular formula is C19H17N3O6S. The SMILES string of the molecule is CC(=O)c1ccccc1NC(=O)COC(=O)CNS(=O)(=O)c1ccccc1C#N. The fourth-order valence-electron chi connectivity index (χ4n) is 2.31. The highest BCUT2D eigenvalue weighted by molar-refractivity contribution is 7.89. The van der Waals surface area contributed by atoms with E-state index >= 15 is 0 Å². The van der Waals surface area contributed by atoms with Crippen molar-refractivity contribution >= 4 is 33.4 Å². The summed E-state index contributed by atoms with van der Waals surface area (Å²) in [5.41, 5.74) is 0.503. The van der Waals surface area contributed by atoms with E-state index < -0.39 is 35.1 Å². The molecule has 0 aliphatic heterocycles. The number of rotatable bonds is 8. The molecule has 0 unspecified atom stereocenters. The van der Waals surface area contributed by atoms with Gasteiger partial charge in [0.05, 0.1) is 16.1 Å². The monoisotopic (exact) mass is 415 g/mol. The molecule has 2 N–H and O–H groups in total. The number of carbonyl (C=O) groups is 3. The van der Waals surface area contributed by atoms with E-state index in [2.05, 4.69) is 5.32 Å². The van der Waals surface area contributed by atoms with Crippen molar-refractivity contribution in [3.05, 3.63) is 59.7 Å². The number of esters is 1. The molecule has 0 bridgehead atoms. The van der Waals surface area contributed by atoms with Crippen LogP contribution in [0.5, 0.6) is 0 Å². The number of hydrogen-bond donors (Lipinski definition) is 2. The predicted octanol–water partition coefficient (Wildman–Crippen LogP) is 1.22. The number of nitriles is 1. The molecule has 0 spiro atoms. The minimum Gasteiger partial charge on any atom is -0.455 e. The van der Waals surface area contributed by atoms with Gasteiger partial charge in [0.2, 0.25) is 10.0 Å². The van der Waals surface area contributed by atoms with Crippen LogP contribution in [0.15, 0.2) is 53.4 Å². The number of Topliss-reactive ketones (excluding diaryl/α,β-unsaturated/α-hetero) is 1.